The largest absolute Gasteiger partial charge is 0.444 e. The summed E-state index contributed by atoms with van der Waals surface area (Å²) < 4.78 is 21.5. The van der Waals surface area contributed by atoms with Gasteiger partial charge in [0.2, 0.25) is 5.95 Å². The van der Waals surface area contributed by atoms with Crippen molar-refractivity contribution in [2.24, 2.45) is 12.5 Å². The summed E-state index contributed by atoms with van der Waals surface area (Å²) in [5.74, 6) is 0.761. The Hall–Kier alpha value is -2.32. The lowest BCUT2D eigenvalue weighted by molar-refractivity contribution is 0.0396. The summed E-state index contributed by atoms with van der Waals surface area (Å²) in [6.45, 7) is 12.2. The number of amides is 1. The van der Waals surface area contributed by atoms with Gasteiger partial charge in [0, 0.05) is 20.1 Å². The first kappa shape index (κ1) is 24.9. The second-order valence-electron chi connectivity index (χ2n) is 9.31. The van der Waals surface area contributed by atoms with Crippen LogP contribution in [0, 0.1) is 12.3 Å². The SMILES string of the molecule is CC.Cc1c(N)nc(N2CCC3(CCC(F)C3NC(=O)OC(C)(C)C)CC2)n(C)c1=O. The van der Waals surface area contributed by atoms with Crippen LogP contribution in [0.25, 0.3) is 0 Å². The zero-order chi connectivity index (χ0) is 23.6. The maximum Gasteiger partial charge on any atom is 0.407 e. The maximum atomic E-state index is 14.7. The Kier molecular flexibility index (Phi) is 7.60. The van der Waals surface area contributed by atoms with Crippen LogP contribution >= 0.6 is 0 Å². The van der Waals surface area contributed by atoms with Gasteiger partial charge in [-0.3, -0.25) is 9.36 Å². The number of rotatable bonds is 2. The topological polar surface area (TPSA) is 102 Å². The van der Waals surface area contributed by atoms with Gasteiger partial charge in [-0.1, -0.05) is 13.8 Å². The van der Waals surface area contributed by atoms with Crippen LogP contribution < -0.4 is 21.5 Å². The molecule has 3 rings (SSSR count). The van der Waals surface area contributed by atoms with Crippen LogP contribution in [0.15, 0.2) is 4.79 Å². The normalized spacial score (nSPS) is 22.6. The number of alkyl halides is 1. The van der Waals surface area contributed by atoms with Crippen molar-refractivity contribution < 1.29 is 13.9 Å². The number of ether oxygens (including phenoxy) is 1. The minimum atomic E-state index is -1.09. The number of nitrogens with two attached hydrogens (primary N) is 1. The highest BCUT2D eigenvalue weighted by Gasteiger charge is 2.51. The molecule has 0 aromatic carbocycles. The number of halogens is 1. The van der Waals surface area contributed by atoms with Crippen molar-refractivity contribution in [1.29, 1.82) is 0 Å². The first-order chi connectivity index (χ1) is 14.4. The highest BCUT2D eigenvalue weighted by atomic mass is 19.1. The second-order valence-corrected chi connectivity index (χ2v) is 9.31. The Balaban J connectivity index is 0.00000166. The van der Waals surface area contributed by atoms with Crippen LogP contribution in [0.3, 0.4) is 0 Å². The van der Waals surface area contributed by atoms with E-state index in [2.05, 4.69) is 10.3 Å². The molecule has 1 aliphatic carbocycles. The predicted octanol–water partition coefficient (Wildman–Crippen LogP) is 3.31. The Morgan fingerprint density at radius 2 is 1.84 bits per heavy atom. The van der Waals surface area contributed by atoms with E-state index in [0.29, 0.717) is 50.3 Å². The molecule has 0 radical (unpaired) electrons. The Labute approximate surface area is 184 Å². The molecule has 1 aromatic rings. The number of nitrogens with zero attached hydrogens (tertiary/aromatic N) is 3. The molecule has 9 heteroatoms. The van der Waals surface area contributed by atoms with E-state index in [1.807, 2.05) is 18.7 Å². The number of nitrogens with one attached hydrogen (secondary N) is 1. The summed E-state index contributed by atoms with van der Waals surface area (Å²) in [5.41, 5.74) is 5.21. The number of hydrogen-bond donors (Lipinski definition) is 2. The zero-order valence-corrected chi connectivity index (χ0v) is 19.9. The smallest absolute Gasteiger partial charge is 0.407 e. The van der Waals surface area contributed by atoms with Crippen LogP contribution in [-0.2, 0) is 11.8 Å². The van der Waals surface area contributed by atoms with Gasteiger partial charge in [0.25, 0.3) is 5.56 Å². The molecular formula is C22H38FN5O3. The van der Waals surface area contributed by atoms with Crippen molar-refractivity contribution >= 4 is 17.9 Å². The van der Waals surface area contributed by atoms with Gasteiger partial charge in [-0.2, -0.15) is 4.98 Å². The molecule has 2 fully saturated rings. The molecule has 1 spiro atoms. The fourth-order valence-electron chi connectivity index (χ4n) is 4.52. The second kappa shape index (κ2) is 9.44. The molecule has 1 amide bonds. The molecular weight excluding hydrogens is 401 g/mol. The van der Waals surface area contributed by atoms with E-state index >= 15 is 0 Å². The summed E-state index contributed by atoms with van der Waals surface area (Å²) in [6.07, 6.45) is 0.852. The van der Waals surface area contributed by atoms with E-state index in [9.17, 15) is 14.0 Å². The maximum absolute atomic E-state index is 14.7. The van der Waals surface area contributed by atoms with E-state index in [-0.39, 0.29) is 16.8 Å². The number of alkyl carbamates (subject to hydrolysis) is 1. The number of carbonyl (C=O) groups excluding carboxylic acids is 1. The highest BCUT2D eigenvalue weighted by molar-refractivity contribution is 5.68. The van der Waals surface area contributed by atoms with Gasteiger partial charge in [-0.15, -0.1) is 0 Å². The van der Waals surface area contributed by atoms with E-state index in [1.165, 1.54) is 4.57 Å². The van der Waals surface area contributed by atoms with Crippen LogP contribution in [0.1, 0.15) is 65.9 Å². The fourth-order valence-corrected chi connectivity index (χ4v) is 4.52. The lowest BCUT2D eigenvalue weighted by atomic mass is 9.74. The number of anilines is 2. The number of hydrogen-bond acceptors (Lipinski definition) is 6. The average Bonchev–Trinajstić information content (AvgIpc) is 3.00. The third-order valence-corrected chi connectivity index (χ3v) is 6.18. The first-order valence-corrected chi connectivity index (χ1v) is 11.2. The molecule has 2 heterocycles. The van der Waals surface area contributed by atoms with Crippen molar-refractivity contribution in [2.75, 3.05) is 23.7 Å². The molecule has 8 nitrogen and oxygen atoms in total. The molecule has 1 aliphatic heterocycles. The van der Waals surface area contributed by atoms with Gasteiger partial charge < -0.3 is 20.7 Å². The summed E-state index contributed by atoms with van der Waals surface area (Å²) in [6, 6.07) is -0.570. The average molecular weight is 440 g/mol. The van der Waals surface area contributed by atoms with Crippen LogP contribution in [-0.4, -0.2) is 46.5 Å². The van der Waals surface area contributed by atoms with Crippen molar-refractivity contribution in [1.82, 2.24) is 14.9 Å². The third-order valence-electron chi connectivity index (χ3n) is 6.18. The fraction of sp³-hybridized carbons (Fsp3) is 0.773. The highest BCUT2D eigenvalue weighted by Crippen LogP contribution is 2.48. The lowest BCUT2D eigenvalue weighted by Crippen LogP contribution is -2.54. The van der Waals surface area contributed by atoms with Gasteiger partial charge in [-0.25, -0.2) is 9.18 Å². The minimum absolute atomic E-state index is 0.165. The molecule has 31 heavy (non-hydrogen) atoms. The molecule has 1 aromatic heterocycles. The van der Waals surface area contributed by atoms with E-state index in [1.54, 1.807) is 34.7 Å². The van der Waals surface area contributed by atoms with E-state index < -0.39 is 23.9 Å². The van der Waals surface area contributed by atoms with Crippen LogP contribution in [0.2, 0.25) is 0 Å². The van der Waals surface area contributed by atoms with Gasteiger partial charge >= 0.3 is 6.09 Å². The van der Waals surface area contributed by atoms with Crippen molar-refractivity contribution in [2.45, 2.75) is 85.0 Å². The molecule has 176 valence electrons. The third kappa shape index (κ3) is 5.30. The standard InChI is InChI=1S/C20H32FN5O3.C2H6/c1-12-15(22)24-17(25(5)16(12)27)26-10-8-20(9-11-26)7-6-13(21)14(20)23-18(28)29-19(2,3)4;1-2/h13-14H,6-11,22H2,1-5H3,(H,23,28);1-2H3. The molecule has 2 aliphatic rings. The molecule has 0 bridgehead atoms. The van der Waals surface area contributed by atoms with Gasteiger partial charge in [-0.05, 0) is 58.8 Å². The van der Waals surface area contributed by atoms with Gasteiger partial charge in [0.15, 0.2) is 0 Å². The van der Waals surface area contributed by atoms with Crippen LogP contribution in [0.4, 0.5) is 21.0 Å². The first-order valence-electron chi connectivity index (χ1n) is 11.2. The number of aromatic nitrogens is 2. The Morgan fingerprint density at radius 1 is 1.26 bits per heavy atom. The van der Waals surface area contributed by atoms with E-state index in [4.69, 9.17) is 10.5 Å². The molecule has 2 unspecified atom stereocenters. The molecule has 3 N–H and O–H groups in total. The predicted molar refractivity (Wildman–Crippen MR) is 121 cm³/mol. The Morgan fingerprint density at radius 3 is 2.39 bits per heavy atom. The van der Waals surface area contributed by atoms with Crippen molar-refractivity contribution in [3.05, 3.63) is 15.9 Å². The molecule has 1 saturated carbocycles. The minimum Gasteiger partial charge on any atom is -0.444 e. The van der Waals surface area contributed by atoms with Gasteiger partial charge in [0.05, 0.1) is 11.6 Å². The Bertz CT molecular complexity index is 841. The quantitative estimate of drug-likeness (QED) is 0.733. The number of nitrogen functional groups attached to an aromatic ring is 1. The zero-order valence-electron chi connectivity index (χ0n) is 19.9. The lowest BCUT2D eigenvalue weighted by Gasteiger charge is -2.44. The van der Waals surface area contributed by atoms with E-state index in [0.717, 1.165) is 0 Å². The summed E-state index contributed by atoms with van der Waals surface area (Å²) in [4.78, 5) is 31.0. The summed E-state index contributed by atoms with van der Waals surface area (Å²) in [7, 11) is 1.68. The van der Waals surface area contributed by atoms with Crippen molar-refractivity contribution in [3.8, 4) is 0 Å². The number of carbonyl (C=O) groups is 1. The summed E-state index contributed by atoms with van der Waals surface area (Å²) >= 11 is 0. The van der Waals surface area contributed by atoms with Crippen molar-refractivity contribution in [3.63, 3.8) is 0 Å². The summed E-state index contributed by atoms with van der Waals surface area (Å²) in [5, 5.41) is 2.79. The molecule has 1 saturated heterocycles. The molecule has 2 atom stereocenters. The number of piperidine rings is 1. The monoisotopic (exact) mass is 439 g/mol. The van der Waals surface area contributed by atoms with Crippen LogP contribution in [0.5, 0.6) is 0 Å². The van der Waals surface area contributed by atoms with Gasteiger partial charge in [0.1, 0.15) is 17.6 Å².